The highest BCUT2D eigenvalue weighted by atomic mass is 32.1. The first kappa shape index (κ1) is 27.2. The molecule has 3 rings (SSSR count). The van der Waals surface area contributed by atoms with Crippen molar-refractivity contribution in [2.24, 2.45) is 0 Å². The molecule has 3 aromatic rings. The molecule has 194 valence electrons. The number of likely N-dealkylation sites (N-methyl/N-ethyl adjacent to an activating group) is 1. The van der Waals surface area contributed by atoms with Crippen molar-refractivity contribution in [2.45, 2.75) is 19.4 Å². The van der Waals surface area contributed by atoms with Gasteiger partial charge in [0.25, 0.3) is 5.91 Å². The van der Waals surface area contributed by atoms with E-state index in [-0.39, 0.29) is 24.8 Å². The van der Waals surface area contributed by atoms with Crippen LogP contribution in [-0.4, -0.2) is 60.0 Å². The monoisotopic (exact) mass is 523 g/mol. The zero-order valence-corrected chi connectivity index (χ0v) is 21.3. The molecule has 11 heteroatoms. The van der Waals surface area contributed by atoms with Gasteiger partial charge in [-0.25, -0.2) is 4.79 Å². The first-order chi connectivity index (χ1) is 17.6. The number of thiophene rings is 1. The van der Waals surface area contributed by atoms with E-state index in [2.05, 4.69) is 16.0 Å². The minimum Gasteiger partial charge on any atom is -0.465 e. The fourth-order valence-electron chi connectivity index (χ4n) is 3.47. The van der Waals surface area contributed by atoms with Gasteiger partial charge in [-0.05, 0) is 46.8 Å². The molecule has 2 aromatic carbocycles. The highest BCUT2D eigenvalue weighted by molar-refractivity contribution is 7.13. The lowest BCUT2D eigenvalue weighted by Crippen LogP contribution is -2.49. The van der Waals surface area contributed by atoms with Crippen molar-refractivity contribution in [1.82, 2.24) is 15.5 Å². The van der Waals surface area contributed by atoms with E-state index in [4.69, 9.17) is 10.8 Å². The molecule has 0 aliphatic heterocycles. The van der Waals surface area contributed by atoms with E-state index in [1.807, 2.05) is 29.6 Å². The number of hydrogen-bond donors (Lipinski definition) is 5. The summed E-state index contributed by atoms with van der Waals surface area (Å²) in [5, 5.41) is 18.8. The molecule has 1 heterocycles. The van der Waals surface area contributed by atoms with Gasteiger partial charge in [0.05, 0.1) is 11.4 Å². The van der Waals surface area contributed by atoms with Crippen molar-refractivity contribution in [3.05, 3.63) is 71.1 Å². The van der Waals surface area contributed by atoms with Gasteiger partial charge in [-0.3, -0.25) is 14.4 Å². The average Bonchev–Trinajstić information content (AvgIpc) is 3.40. The number of benzene rings is 2. The number of rotatable bonds is 10. The minimum atomic E-state index is -1.33. The van der Waals surface area contributed by atoms with Gasteiger partial charge < -0.3 is 31.7 Å². The highest BCUT2D eigenvalue weighted by Gasteiger charge is 2.21. The maximum absolute atomic E-state index is 12.8. The van der Waals surface area contributed by atoms with Crippen molar-refractivity contribution in [3.8, 4) is 10.4 Å². The van der Waals surface area contributed by atoms with Crippen LogP contribution in [0, 0.1) is 0 Å². The summed E-state index contributed by atoms with van der Waals surface area (Å²) in [5.41, 5.74) is 8.97. The van der Waals surface area contributed by atoms with Crippen LogP contribution in [0.3, 0.4) is 0 Å². The van der Waals surface area contributed by atoms with Crippen molar-refractivity contribution in [1.29, 1.82) is 0 Å². The Labute approximate surface area is 218 Å². The lowest BCUT2D eigenvalue weighted by atomic mass is 10.0. The van der Waals surface area contributed by atoms with Gasteiger partial charge >= 0.3 is 6.09 Å². The summed E-state index contributed by atoms with van der Waals surface area (Å²) in [5.74, 6) is -1.01. The highest BCUT2D eigenvalue weighted by Crippen LogP contribution is 2.30. The van der Waals surface area contributed by atoms with Crippen molar-refractivity contribution >= 4 is 46.5 Å². The Bertz CT molecular complexity index is 1260. The van der Waals surface area contributed by atoms with Crippen LogP contribution in [0.1, 0.15) is 22.8 Å². The van der Waals surface area contributed by atoms with Crippen LogP contribution >= 0.6 is 11.3 Å². The lowest BCUT2D eigenvalue weighted by Gasteiger charge is -2.19. The Morgan fingerprint density at radius 2 is 1.81 bits per heavy atom. The topological polar surface area (TPSA) is 154 Å². The average molecular weight is 524 g/mol. The number of nitrogens with one attached hydrogen (secondary N) is 3. The van der Waals surface area contributed by atoms with Crippen LogP contribution in [0.4, 0.5) is 16.2 Å². The Morgan fingerprint density at radius 1 is 1.08 bits per heavy atom. The Kier molecular flexibility index (Phi) is 9.22. The fourth-order valence-corrected chi connectivity index (χ4v) is 4.19. The minimum absolute atomic E-state index is 0.0817. The van der Waals surface area contributed by atoms with E-state index in [0.717, 1.165) is 10.4 Å². The number of anilines is 2. The number of carbonyl (C=O) groups excluding carboxylic acids is 3. The second kappa shape index (κ2) is 12.5. The first-order valence-corrected chi connectivity index (χ1v) is 12.3. The lowest BCUT2D eigenvalue weighted by molar-refractivity contribution is -0.128. The van der Waals surface area contributed by atoms with Gasteiger partial charge in [-0.1, -0.05) is 24.3 Å². The third-order valence-electron chi connectivity index (χ3n) is 5.66. The molecule has 0 aliphatic rings. The van der Waals surface area contributed by atoms with Gasteiger partial charge in [0.15, 0.2) is 0 Å². The molecule has 6 N–H and O–H groups in total. The number of carbonyl (C=O) groups is 4. The molecule has 0 spiro atoms. The SMILES string of the molecule is CC(=O)N(C)CCNC(=O)[C@H](Cc1ccc(C(=O)Nc2cc(-c3cccs3)ccc2N)cc1)NC(=O)O. The molecule has 0 saturated carbocycles. The molecular formula is C26H29N5O5S. The summed E-state index contributed by atoms with van der Waals surface area (Å²) in [6.45, 7) is 1.89. The molecule has 0 saturated heterocycles. The zero-order valence-electron chi connectivity index (χ0n) is 20.5. The number of nitrogens with zero attached hydrogens (tertiary/aromatic N) is 1. The van der Waals surface area contributed by atoms with E-state index in [9.17, 15) is 19.2 Å². The Hall–Kier alpha value is -4.38. The number of nitrogens with two attached hydrogens (primary N) is 1. The maximum atomic E-state index is 12.8. The zero-order chi connectivity index (χ0) is 26.9. The third kappa shape index (κ3) is 7.80. The maximum Gasteiger partial charge on any atom is 0.405 e. The molecule has 1 aromatic heterocycles. The van der Waals surface area contributed by atoms with Crippen LogP contribution in [0.2, 0.25) is 0 Å². The van der Waals surface area contributed by atoms with Crippen LogP contribution in [0.15, 0.2) is 60.0 Å². The van der Waals surface area contributed by atoms with Gasteiger partial charge in [-0.2, -0.15) is 0 Å². The van der Waals surface area contributed by atoms with Gasteiger partial charge in [0.1, 0.15) is 6.04 Å². The van der Waals surface area contributed by atoms with E-state index in [1.165, 1.54) is 11.8 Å². The van der Waals surface area contributed by atoms with Crippen LogP contribution < -0.4 is 21.7 Å². The molecule has 4 amide bonds. The second-order valence-corrected chi connectivity index (χ2v) is 9.32. The number of carboxylic acid groups (broad SMARTS) is 1. The molecule has 37 heavy (non-hydrogen) atoms. The predicted molar refractivity (Wildman–Crippen MR) is 144 cm³/mol. The molecule has 1 atom stereocenters. The molecule has 0 unspecified atom stereocenters. The summed E-state index contributed by atoms with van der Waals surface area (Å²) < 4.78 is 0. The van der Waals surface area contributed by atoms with Crippen LogP contribution in [0.25, 0.3) is 10.4 Å². The van der Waals surface area contributed by atoms with E-state index in [1.54, 1.807) is 48.7 Å². The second-order valence-electron chi connectivity index (χ2n) is 8.37. The summed E-state index contributed by atoms with van der Waals surface area (Å²) in [4.78, 5) is 50.4. The molecule has 0 bridgehead atoms. The number of nitrogen functional groups attached to an aromatic ring is 1. The molecule has 0 aliphatic carbocycles. The van der Waals surface area contributed by atoms with Crippen molar-refractivity contribution in [2.75, 3.05) is 31.2 Å². The molecule has 0 fully saturated rings. The van der Waals surface area contributed by atoms with Crippen LogP contribution in [0.5, 0.6) is 0 Å². The van der Waals surface area contributed by atoms with Gasteiger partial charge in [0, 0.05) is 43.9 Å². The first-order valence-electron chi connectivity index (χ1n) is 11.5. The largest absolute Gasteiger partial charge is 0.465 e. The summed E-state index contributed by atoms with van der Waals surface area (Å²) in [7, 11) is 1.61. The van der Waals surface area contributed by atoms with Crippen molar-refractivity contribution in [3.63, 3.8) is 0 Å². The smallest absolute Gasteiger partial charge is 0.405 e. The summed E-state index contributed by atoms with van der Waals surface area (Å²) in [6.07, 6.45) is -1.25. The Balaban J connectivity index is 1.64. The molecule has 10 nitrogen and oxygen atoms in total. The summed E-state index contributed by atoms with van der Waals surface area (Å²) in [6, 6.07) is 14.9. The van der Waals surface area contributed by atoms with Gasteiger partial charge in [0.2, 0.25) is 11.8 Å². The Morgan fingerprint density at radius 3 is 2.43 bits per heavy atom. The van der Waals surface area contributed by atoms with Crippen molar-refractivity contribution < 1.29 is 24.3 Å². The van der Waals surface area contributed by atoms with E-state index >= 15 is 0 Å². The van der Waals surface area contributed by atoms with Crippen LogP contribution in [-0.2, 0) is 16.0 Å². The number of hydrogen-bond acceptors (Lipinski definition) is 6. The fraction of sp³-hybridized carbons (Fsp3) is 0.231. The third-order valence-corrected chi connectivity index (χ3v) is 6.58. The standard InChI is InChI=1S/C26H29N5O5S/c1-16(32)31(2)12-11-28-25(34)22(30-26(35)36)14-17-5-7-18(8-6-17)24(33)29-21-15-19(9-10-20(21)27)23-4-3-13-37-23/h3-10,13,15,22,30H,11-12,14,27H2,1-2H3,(H,28,34)(H,29,33)(H,35,36)/t22-/m0/s1. The predicted octanol–water partition coefficient (Wildman–Crippen LogP) is 3.02. The normalized spacial score (nSPS) is 11.3. The number of amides is 4. The molecule has 0 radical (unpaired) electrons. The van der Waals surface area contributed by atoms with Gasteiger partial charge in [-0.15, -0.1) is 11.3 Å². The molecular weight excluding hydrogens is 494 g/mol. The quantitative estimate of drug-likeness (QED) is 0.257. The van der Waals surface area contributed by atoms with E-state index < -0.39 is 18.0 Å². The van der Waals surface area contributed by atoms with E-state index in [0.29, 0.717) is 29.0 Å². The summed E-state index contributed by atoms with van der Waals surface area (Å²) >= 11 is 1.58.